The van der Waals surface area contributed by atoms with Crippen molar-refractivity contribution in [2.24, 2.45) is 0 Å². The zero-order valence-electron chi connectivity index (χ0n) is 18.1. The van der Waals surface area contributed by atoms with Crippen LogP contribution in [0.5, 0.6) is 0 Å². The van der Waals surface area contributed by atoms with Crippen molar-refractivity contribution in [3.05, 3.63) is 0 Å². The van der Waals surface area contributed by atoms with Gasteiger partial charge >= 0.3 is 11.9 Å². The predicted octanol–water partition coefficient (Wildman–Crippen LogP) is 1.86. The van der Waals surface area contributed by atoms with Crippen molar-refractivity contribution in [1.82, 2.24) is 0 Å². The van der Waals surface area contributed by atoms with Crippen molar-refractivity contribution in [3.8, 4) is 0 Å². The number of ether oxygens (including phenoxy) is 3. The number of aliphatic hydroxyl groups excluding tert-OH is 3. The second kappa shape index (κ2) is 13.2. The summed E-state index contributed by atoms with van der Waals surface area (Å²) in [6.45, 7) is 7.49. The van der Waals surface area contributed by atoms with Gasteiger partial charge in [-0.15, -0.1) is 0 Å². The van der Waals surface area contributed by atoms with Gasteiger partial charge in [-0.25, -0.2) is 0 Å². The van der Waals surface area contributed by atoms with Crippen LogP contribution in [0.1, 0.15) is 79.1 Å². The van der Waals surface area contributed by atoms with E-state index in [-0.39, 0.29) is 18.9 Å². The Balaban J connectivity index is 2.98. The third kappa shape index (κ3) is 8.20. The molecule has 1 saturated carbocycles. The van der Waals surface area contributed by atoms with E-state index in [1.165, 1.54) is 0 Å². The van der Waals surface area contributed by atoms with Crippen molar-refractivity contribution in [2.75, 3.05) is 0 Å². The second-order valence-corrected chi connectivity index (χ2v) is 7.94. The highest BCUT2D eigenvalue weighted by molar-refractivity contribution is 5.71. The van der Waals surface area contributed by atoms with Crippen molar-refractivity contribution < 1.29 is 39.1 Å². The van der Waals surface area contributed by atoms with Crippen LogP contribution in [0.15, 0.2) is 0 Å². The summed E-state index contributed by atoms with van der Waals surface area (Å²) in [6, 6.07) is 0. The maximum absolute atomic E-state index is 12.3. The van der Waals surface area contributed by atoms with Crippen LogP contribution in [0.25, 0.3) is 0 Å². The lowest BCUT2D eigenvalue weighted by Gasteiger charge is -2.45. The zero-order valence-corrected chi connectivity index (χ0v) is 18.1. The lowest BCUT2D eigenvalue weighted by Crippen LogP contribution is -2.66. The first-order valence-electron chi connectivity index (χ1n) is 10.8. The second-order valence-electron chi connectivity index (χ2n) is 7.94. The molecule has 0 bridgehead atoms. The molecule has 0 radical (unpaired) electrons. The van der Waals surface area contributed by atoms with E-state index >= 15 is 0 Å². The van der Waals surface area contributed by atoms with Gasteiger partial charge in [-0.3, -0.25) is 9.59 Å². The average molecular weight is 419 g/mol. The minimum atomic E-state index is -1.60. The van der Waals surface area contributed by atoms with Crippen LogP contribution in [0.3, 0.4) is 0 Å². The van der Waals surface area contributed by atoms with E-state index in [9.17, 15) is 24.9 Å². The molecule has 0 heterocycles. The summed E-state index contributed by atoms with van der Waals surface area (Å²) >= 11 is 0. The molecule has 0 amide bonds. The molecule has 0 aromatic carbocycles. The van der Waals surface area contributed by atoms with Gasteiger partial charge in [0.2, 0.25) is 0 Å². The minimum Gasteiger partial charge on any atom is -0.455 e. The summed E-state index contributed by atoms with van der Waals surface area (Å²) < 4.78 is 16.6. The van der Waals surface area contributed by atoms with Gasteiger partial charge in [0.25, 0.3) is 0 Å². The first-order chi connectivity index (χ1) is 13.7. The van der Waals surface area contributed by atoms with Gasteiger partial charge in [-0.1, -0.05) is 39.5 Å². The quantitative estimate of drug-likeness (QED) is 0.324. The van der Waals surface area contributed by atoms with Gasteiger partial charge in [0.15, 0.2) is 12.2 Å². The Morgan fingerprint density at radius 1 is 0.724 bits per heavy atom. The molecule has 3 N–H and O–H groups in total. The molecule has 1 fully saturated rings. The Hall–Kier alpha value is -1.22. The van der Waals surface area contributed by atoms with Gasteiger partial charge in [-0.2, -0.15) is 0 Å². The highest BCUT2D eigenvalue weighted by Gasteiger charge is 2.54. The molecule has 1 aliphatic carbocycles. The fourth-order valence-electron chi connectivity index (χ4n) is 3.37. The maximum Gasteiger partial charge on any atom is 0.306 e. The summed E-state index contributed by atoms with van der Waals surface area (Å²) in [4.78, 5) is 24.5. The first-order valence-corrected chi connectivity index (χ1v) is 10.8. The lowest BCUT2D eigenvalue weighted by atomic mass is 9.84. The van der Waals surface area contributed by atoms with E-state index in [2.05, 4.69) is 0 Å². The van der Waals surface area contributed by atoms with Crippen molar-refractivity contribution in [1.29, 1.82) is 0 Å². The van der Waals surface area contributed by atoms with Crippen LogP contribution in [-0.4, -0.2) is 70.0 Å². The molecule has 1 rings (SSSR count). The van der Waals surface area contributed by atoms with Crippen molar-refractivity contribution in [3.63, 3.8) is 0 Å². The van der Waals surface area contributed by atoms with Crippen LogP contribution in [0.4, 0.5) is 0 Å². The fraction of sp³-hybridized carbons (Fsp3) is 0.905. The number of hydrogen-bond donors (Lipinski definition) is 3. The Bertz CT molecular complexity index is 495. The molecule has 6 unspecified atom stereocenters. The topological polar surface area (TPSA) is 123 Å². The van der Waals surface area contributed by atoms with Gasteiger partial charge in [0.1, 0.15) is 24.4 Å². The molecule has 0 aromatic heterocycles. The molecule has 0 aliphatic heterocycles. The van der Waals surface area contributed by atoms with E-state index in [4.69, 9.17) is 14.2 Å². The van der Waals surface area contributed by atoms with Crippen LogP contribution in [-0.2, 0) is 23.8 Å². The smallest absolute Gasteiger partial charge is 0.306 e. The van der Waals surface area contributed by atoms with Crippen LogP contribution < -0.4 is 0 Å². The predicted molar refractivity (Wildman–Crippen MR) is 106 cm³/mol. The lowest BCUT2D eigenvalue weighted by molar-refractivity contribution is -0.255. The Morgan fingerprint density at radius 2 is 1.17 bits per heavy atom. The standard InChI is InChI=1S/C21H38O8/c1-5-7-9-11-14(22)28-20-18(26)16(24)17(25)19(27-13(3)4)21(20)29-15(23)12-10-8-6-2/h13,16-21,24-26H,5-12H2,1-4H3. The zero-order chi connectivity index (χ0) is 22.0. The first kappa shape index (κ1) is 25.8. The summed E-state index contributed by atoms with van der Waals surface area (Å²) in [7, 11) is 0. The number of carbonyl (C=O) groups excluding carboxylic acids is 2. The third-order valence-electron chi connectivity index (χ3n) is 4.95. The number of hydrogen-bond acceptors (Lipinski definition) is 8. The molecular weight excluding hydrogens is 380 g/mol. The Morgan fingerprint density at radius 3 is 1.62 bits per heavy atom. The number of esters is 2. The highest BCUT2D eigenvalue weighted by Crippen LogP contribution is 2.30. The summed E-state index contributed by atoms with van der Waals surface area (Å²) in [6.07, 6.45) is -3.48. The van der Waals surface area contributed by atoms with Gasteiger partial charge < -0.3 is 29.5 Å². The molecule has 8 heteroatoms. The third-order valence-corrected chi connectivity index (χ3v) is 4.95. The van der Waals surface area contributed by atoms with Crippen LogP contribution >= 0.6 is 0 Å². The number of rotatable bonds is 12. The SMILES string of the molecule is CCCCCC(=O)OC1C(O)C(O)C(O)C(OC(C)C)C1OC(=O)CCCCC. The van der Waals surface area contributed by atoms with E-state index in [0.717, 1.165) is 25.7 Å². The van der Waals surface area contributed by atoms with E-state index in [1.54, 1.807) is 13.8 Å². The summed E-state index contributed by atoms with van der Waals surface area (Å²) in [5.41, 5.74) is 0. The highest BCUT2D eigenvalue weighted by atomic mass is 16.6. The molecule has 170 valence electrons. The molecule has 1 aliphatic rings. The van der Waals surface area contributed by atoms with Crippen LogP contribution in [0, 0.1) is 0 Å². The summed E-state index contributed by atoms with van der Waals surface area (Å²) in [5.74, 6) is -1.08. The van der Waals surface area contributed by atoms with Crippen molar-refractivity contribution in [2.45, 2.75) is 122 Å². The fourth-order valence-corrected chi connectivity index (χ4v) is 3.37. The van der Waals surface area contributed by atoms with E-state index in [0.29, 0.717) is 12.8 Å². The molecule has 29 heavy (non-hydrogen) atoms. The Kier molecular flexibility index (Phi) is 11.7. The van der Waals surface area contributed by atoms with Crippen LogP contribution in [0.2, 0.25) is 0 Å². The molecular formula is C21H38O8. The Labute approximate surface area is 173 Å². The monoisotopic (exact) mass is 418 g/mol. The number of aliphatic hydroxyl groups is 3. The molecule has 0 spiro atoms. The number of carbonyl (C=O) groups is 2. The normalized spacial score (nSPS) is 29.7. The van der Waals surface area contributed by atoms with E-state index < -0.39 is 48.6 Å². The molecule has 0 aromatic rings. The molecule has 6 atom stereocenters. The van der Waals surface area contributed by atoms with Crippen molar-refractivity contribution >= 4 is 11.9 Å². The number of unbranched alkanes of at least 4 members (excludes halogenated alkanes) is 4. The van der Waals surface area contributed by atoms with E-state index in [1.807, 2.05) is 13.8 Å². The van der Waals surface area contributed by atoms with Gasteiger partial charge in [0.05, 0.1) is 6.10 Å². The largest absolute Gasteiger partial charge is 0.455 e. The molecule has 8 nitrogen and oxygen atoms in total. The molecule has 0 saturated heterocycles. The average Bonchev–Trinajstić information content (AvgIpc) is 2.66. The summed E-state index contributed by atoms with van der Waals surface area (Å²) in [5, 5.41) is 31.1. The maximum atomic E-state index is 12.3. The van der Waals surface area contributed by atoms with Gasteiger partial charge in [0, 0.05) is 12.8 Å². The minimum absolute atomic E-state index is 0.155. The van der Waals surface area contributed by atoms with Gasteiger partial charge in [-0.05, 0) is 26.7 Å².